The molecule has 0 aliphatic carbocycles. The van der Waals surface area contributed by atoms with E-state index in [0.717, 1.165) is 25.8 Å². The summed E-state index contributed by atoms with van der Waals surface area (Å²) in [6.45, 7) is 4.72. The van der Waals surface area contributed by atoms with E-state index in [9.17, 15) is 4.79 Å². The van der Waals surface area contributed by atoms with Crippen LogP contribution in [-0.4, -0.2) is 4.57 Å². The average Bonchev–Trinajstić information content (AvgIpc) is 2.29. The Kier molecular flexibility index (Phi) is 4.33. The monoisotopic (exact) mass is 233 g/mol. The zero-order chi connectivity index (χ0) is 12.9. The summed E-state index contributed by atoms with van der Waals surface area (Å²) in [6, 6.07) is 3.77. The van der Waals surface area contributed by atoms with E-state index < -0.39 is 0 Å². The molecule has 4 heteroatoms. The summed E-state index contributed by atoms with van der Waals surface area (Å²) in [5, 5.41) is 8.87. The van der Waals surface area contributed by atoms with E-state index in [1.165, 1.54) is 6.07 Å². The van der Waals surface area contributed by atoms with Crippen molar-refractivity contribution < 1.29 is 0 Å². The van der Waals surface area contributed by atoms with Gasteiger partial charge in [-0.05, 0) is 26.7 Å². The predicted molar refractivity (Wildman–Crippen MR) is 68.4 cm³/mol. The molecule has 0 aromatic carbocycles. The fourth-order valence-corrected chi connectivity index (χ4v) is 1.60. The number of aromatic nitrogens is 1. The lowest BCUT2D eigenvalue weighted by molar-refractivity contribution is 0.416. The maximum atomic E-state index is 11.1. The molecule has 0 amide bonds. The molecule has 0 saturated carbocycles. The second kappa shape index (κ2) is 5.53. The average molecular weight is 233 g/mol. The third-order valence-corrected chi connectivity index (χ3v) is 2.78. The summed E-state index contributed by atoms with van der Waals surface area (Å²) in [4.78, 5) is 11.1. The molecule has 1 aromatic heterocycles. The third kappa shape index (κ3) is 4.31. The van der Waals surface area contributed by atoms with E-state index >= 15 is 0 Å². The summed E-state index contributed by atoms with van der Waals surface area (Å²) in [6.07, 6.45) is 6.27. The van der Waals surface area contributed by atoms with Crippen LogP contribution in [0.3, 0.4) is 0 Å². The van der Waals surface area contributed by atoms with Crippen LogP contribution in [0.5, 0.6) is 0 Å². The highest BCUT2D eigenvalue weighted by Crippen LogP contribution is 2.21. The second-order valence-electron chi connectivity index (χ2n) is 4.96. The Bertz CT molecular complexity index is 468. The number of rotatable bonds is 5. The van der Waals surface area contributed by atoms with Gasteiger partial charge < -0.3 is 10.3 Å². The Balaban J connectivity index is 2.40. The first kappa shape index (κ1) is 13.3. The summed E-state index contributed by atoms with van der Waals surface area (Å²) >= 11 is 0. The lowest BCUT2D eigenvalue weighted by Crippen LogP contribution is -2.11. The quantitative estimate of drug-likeness (QED) is 0.792. The first-order valence-electron chi connectivity index (χ1n) is 5.81. The maximum Gasteiger partial charge on any atom is 0.204 e. The highest BCUT2D eigenvalue weighted by atomic mass is 16.1. The number of aryl methyl sites for hydroxylation is 1. The van der Waals surface area contributed by atoms with Gasteiger partial charge in [-0.15, -0.1) is 0 Å². The van der Waals surface area contributed by atoms with Crippen molar-refractivity contribution in [3.05, 3.63) is 28.7 Å². The van der Waals surface area contributed by atoms with Crippen molar-refractivity contribution >= 4 is 5.69 Å². The van der Waals surface area contributed by atoms with Gasteiger partial charge >= 0.3 is 0 Å². The fourth-order valence-electron chi connectivity index (χ4n) is 1.60. The smallest absolute Gasteiger partial charge is 0.204 e. The van der Waals surface area contributed by atoms with Gasteiger partial charge in [0.1, 0.15) is 0 Å². The number of unbranched alkanes of at least 4 members (excludes halogenated alkanes) is 1. The molecule has 2 N–H and O–H groups in total. The Morgan fingerprint density at radius 1 is 1.47 bits per heavy atom. The van der Waals surface area contributed by atoms with Crippen LogP contribution in [0, 0.1) is 16.7 Å². The minimum Gasteiger partial charge on any atom is -0.394 e. The first-order valence-corrected chi connectivity index (χ1v) is 5.81. The maximum absolute atomic E-state index is 11.1. The summed E-state index contributed by atoms with van der Waals surface area (Å²) < 4.78 is 1.91. The molecule has 92 valence electrons. The molecule has 0 radical (unpaired) electrons. The highest BCUT2D eigenvalue weighted by molar-refractivity contribution is 5.33. The molecule has 4 nitrogen and oxygen atoms in total. The molecule has 0 fully saturated rings. The topological polar surface area (TPSA) is 71.8 Å². The molecular formula is C13H19N3O. The SMILES string of the molecule is CC(C)(C#N)CCCCn1ccc(=O)c(N)c1. The molecule has 1 rings (SSSR count). The van der Waals surface area contributed by atoms with E-state index in [2.05, 4.69) is 6.07 Å². The Morgan fingerprint density at radius 2 is 2.18 bits per heavy atom. The predicted octanol–water partition coefficient (Wildman–Crippen LogP) is 2.15. The zero-order valence-corrected chi connectivity index (χ0v) is 10.4. The third-order valence-electron chi connectivity index (χ3n) is 2.78. The summed E-state index contributed by atoms with van der Waals surface area (Å²) in [7, 11) is 0. The number of nitrogen functional groups attached to an aromatic ring is 1. The first-order chi connectivity index (χ1) is 7.94. The van der Waals surface area contributed by atoms with Crippen molar-refractivity contribution in [1.29, 1.82) is 5.26 Å². The number of nitriles is 1. The Labute approximate surface area is 102 Å². The van der Waals surface area contributed by atoms with Crippen LogP contribution in [0.1, 0.15) is 33.1 Å². The van der Waals surface area contributed by atoms with Gasteiger partial charge in [0.05, 0.1) is 17.2 Å². The molecule has 0 unspecified atom stereocenters. The van der Waals surface area contributed by atoms with E-state index in [-0.39, 0.29) is 16.5 Å². The highest BCUT2D eigenvalue weighted by Gasteiger charge is 2.15. The summed E-state index contributed by atoms with van der Waals surface area (Å²) in [5.74, 6) is 0. The van der Waals surface area contributed by atoms with Gasteiger partial charge in [0.15, 0.2) is 0 Å². The Hall–Kier alpha value is -1.76. The minimum atomic E-state index is -0.247. The van der Waals surface area contributed by atoms with Crippen LogP contribution in [-0.2, 0) is 6.54 Å². The number of hydrogen-bond acceptors (Lipinski definition) is 3. The molecule has 0 aliphatic rings. The van der Waals surface area contributed by atoms with Crippen LogP contribution in [0.15, 0.2) is 23.3 Å². The van der Waals surface area contributed by atoms with Crippen molar-refractivity contribution in [2.24, 2.45) is 5.41 Å². The molecule has 1 aromatic rings. The van der Waals surface area contributed by atoms with Crippen molar-refractivity contribution in [3.63, 3.8) is 0 Å². The zero-order valence-electron chi connectivity index (χ0n) is 10.4. The van der Waals surface area contributed by atoms with E-state index in [1.54, 1.807) is 12.4 Å². The lowest BCUT2D eigenvalue weighted by atomic mass is 9.89. The van der Waals surface area contributed by atoms with E-state index in [1.807, 2.05) is 18.4 Å². The second-order valence-corrected chi connectivity index (χ2v) is 4.96. The van der Waals surface area contributed by atoms with Crippen LogP contribution < -0.4 is 11.2 Å². The molecule has 0 atom stereocenters. The van der Waals surface area contributed by atoms with Crippen molar-refractivity contribution in [2.45, 2.75) is 39.7 Å². The lowest BCUT2D eigenvalue weighted by Gasteiger charge is -2.14. The fraction of sp³-hybridized carbons (Fsp3) is 0.538. The summed E-state index contributed by atoms with van der Waals surface area (Å²) in [5.41, 5.74) is 5.44. The largest absolute Gasteiger partial charge is 0.394 e. The van der Waals surface area contributed by atoms with E-state index in [0.29, 0.717) is 0 Å². The molecular weight excluding hydrogens is 214 g/mol. The van der Waals surface area contributed by atoms with Crippen molar-refractivity contribution in [2.75, 3.05) is 5.73 Å². The minimum absolute atomic E-state index is 0.133. The van der Waals surface area contributed by atoms with Crippen molar-refractivity contribution in [3.8, 4) is 6.07 Å². The molecule has 0 bridgehead atoms. The molecule has 0 aliphatic heterocycles. The van der Waals surface area contributed by atoms with Gasteiger partial charge in [0.2, 0.25) is 5.43 Å². The van der Waals surface area contributed by atoms with Gasteiger partial charge in [0, 0.05) is 25.0 Å². The van der Waals surface area contributed by atoms with Crippen molar-refractivity contribution in [1.82, 2.24) is 4.57 Å². The van der Waals surface area contributed by atoms with Crippen LogP contribution in [0.2, 0.25) is 0 Å². The van der Waals surface area contributed by atoms with Crippen LogP contribution in [0.25, 0.3) is 0 Å². The number of nitrogens with two attached hydrogens (primary N) is 1. The molecule has 0 saturated heterocycles. The molecule has 17 heavy (non-hydrogen) atoms. The number of pyridine rings is 1. The number of nitrogens with zero attached hydrogens (tertiary/aromatic N) is 2. The van der Waals surface area contributed by atoms with Crippen LogP contribution in [0.4, 0.5) is 5.69 Å². The van der Waals surface area contributed by atoms with E-state index in [4.69, 9.17) is 11.0 Å². The Morgan fingerprint density at radius 3 is 2.76 bits per heavy atom. The van der Waals surface area contributed by atoms with Crippen LogP contribution >= 0.6 is 0 Å². The standard InChI is InChI=1S/C13H19N3O/c1-13(2,10-14)6-3-4-7-16-8-5-12(17)11(15)9-16/h5,8-9H,3-4,6-7,15H2,1-2H3. The van der Waals surface area contributed by atoms with Gasteiger partial charge in [-0.3, -0.25) is 4.79 Å². The number of hydrogen-bond donors (Lipinski definition) is 1. The molecule has 0 spiro atoms. The van der Waals surface area contributed by atoms with Gasteiger partial charge in [0.25, 0.3) is 0 Å². The van der Waals surface area contributed by atoms with Gasteiger partial charge in [-0.25, -0.2) is 0 Å². The molecule has 1 heterocycles. The number of anilines is 1. The van der Waals surface area contributed by atoms with Gasteiger partial charge in [-0.2, -0.15) is 5.26 Å². The van der Waals surface area contributed by atoms with Gasteiger partial charge in [-0.1, -0.05) is 6.42 Å². The normalized spacial score (nSPS) is 11.1.